The fourth-order valence-corrected chi connectivity index (χ4v) is 4.86. The normalized spacial score (nSPS) is 11.0. The van der Waals surface area contributed by atoms with Crippen LogP contribution in [0.1, 0.15) is 45.4 Å². The van der Waals surface area contributed by atoms with Crippen molar-refractivity contribution in [1.29, 1.82) is 0 Å². The quantitative estimate of drug-likeness (QED) is 0.208. The number of unbranched alkanes of at least 4 members (excludes halogenated alkanes) is 5. The SMILES string of the molecule is CCCCCCCCOc1cccc(OCC(=O)Nc2cccc(S(=O)(=O)Nc3ccccc3OC)c2)c1. The molecule has 0 atom stereocenters. The Morgan fingerprint density at radius 1 is 0.816 bits per heavy atom. The first kappa shape index (κ1) is 28.8. The van der Waals surface area contributed by atoms with Gasteiger partial charge in [-0.2, -0.15) is 0 Å². The molecule has 2 N–H and O–H groups in total. The Hall–Kier alpha value is -3.72. The monoisotopic (exact) mass is 540 g/mol. The predicted molar refractivity (Wildman–Crippen MR) is 150 cm³/mol. The molecule has 0 aliphatic rings. The molecule has 3 aromatic carbocycles. The van der Waals surface area contributed by atoms with Crippen LogP contribution in [0, 0.1) is 0 Å². The van der Waals surface area contributed by atoms with Gasteiger partial charge in [0.15, 0.2) is 6.61 Å². The molecule has 0 saturated heterocycles. The molecule has 0 saturated carbocycles. The molecule has 0 aromatic heterocycles. The molecule has 0 heterocycles. The maximum atomic E-state index is 12.9. The summed E-state index contributed by atoms with van der Waals surface area (Å²) in [5.74, 6) is 1.18. The highest BCUT2D eigenvalue weighted by Gasteiger charge is 2.17. The standard InChI is InChI=1S/C29H36N2O6S/c1-3-4-5-6-7-10-19-36-24-14-12-15-25(21-24)37-22-29(32)30-23-13-11-16-26(20-23)38(33,34)31-27-17-8-9-18-28(27)35-2/h8-9,11-18,20-21,31H,3-7,10,19,22H2,1-2H3,(H,30,32). The Morgan fingerprint density at radius 3 is 2.32 bits per heavy atom. The third-order valence-electron chi connectivity index (χ3n) is 5.72. The van der Waals surface area contributed by atoms with Crippen LogP contribution < -0.4 is 24.2 Å². The van der Waals surface area contributed by atoms with Gasteiger partial charge in [0.25, 0.3) is 15.9 Å². The number of rotatable bonds is 16. The van der Waals surface area contributed by atoms with Crippen LogP contribution >= 0.6 is 0 Å². The third kappa shape index (κ3) is 9.30. The van der Waals surface area contributed by atoms with Gasteiger partial charge in [0.2, 0.25) is 0 Å². The van der Waals surface area contributed by atoms with E-state index in [2.05, 4.69) is 17.0 Å². The summed E-state index contributed by atoms with van der Waals surface area (Å²) in [5.41, 5.74) is 0.647. The molecule has 0 spiro atoms. The van der Waals surface area contributed by atoms with Gasteiger partial charge in [0, 0.05) is 11.8 Å². The summed E-state index contributed by atoms with van der Waals surface area (Å²) in [6, 6.07) is 19.9. The van der Waals surface area contributed by atoms with E-state index in [1.807, 2.05) is 12.1 Å². The summed E-state index contributed by atoms with van der Waals surface area (Å²) >= 11 is 0. The van der Waals surface area contributed by atoms with Crippen molar-refractivity contribution in [2.45, 2.75) is 50.3 Å². The van der Waals surface area contributed by atoms with Crippen molar-refractivity contribution in [2.75, 3.05) is 30.4 Å². The van der Waals surface area contributed by atoms with E-state index in [1.165, 1.54) is 44.9 Å². The molecule has 0 aliphatic heterocycles. The lowest BCUT2D eigenvalue weighted by Gasteiger charge is -2.13. The summed E-state index contributed by atoms with van der Waals surface area (Å²) in [6.07, 6.45) is 7.15. The summed E-state index contributed by atoms with van der Waals surface area (Å²) in [7, 11) is -2.44. The fourth-order valence-electron chi connectivity index (χ4n) is 3.75. The van der Waals surface area contributed by atoms with Crippen LogP contribution in [0.4, 0.5) is 11.4 Å². The zero-order valence-electron chi connectivity index (χ0n) is 21.9. The minimum Gasteiger partial charge on any atom is -0.495 e. The zero-order chi connectivity index (χ0) is 27.2. The first-order valence-electron chi connectivity index (χ1n) is 12.8. The van der Waals surface area contributed by atoms with Gasteiger partial charge < -0.3 is 19.5 Å². The van der Waals surface area contributed by atoms with Crippen LogP contribution in [0.5, 0.6) is 17.2 Å². The fraction of sp³-hybridized carbons (Fsp3) is 0.345. The van der Waals surface area contributed by atoms with E-state index in [9.17, 15) is 13.2 Å². The molecule has 0 radical (unpaired) electrons. The van der Waals surface area contributed by atoms with Crippen molar-refractivity contribution in [3.8, 4) is 17.2 Å². The first-order valence-corrected chi connectivity index (χ1v) is 14.3. The van der Waals surface area contributed by atoms with E-state index in [4.69, 9.17) is 14.2 Å². The van der Waals surface area contributed by atoms with Crippen molar-refractivity contribution in [3.63, 3.8) is 0 Å². The van der Waals surface area contributed by atoms with Crippen molar-refractivity contribution < 1.29 is 27.4 Å². The summed E-state index contributed by atoms with van der Waals surface area (Å²) < 4.78 is 44.9. The third-order valence-corrected chi connectivity index (χ3v) is 7.08. The molecule has 3 aromatic rings. The van der Waals surface area contributed by atoms with Crippen LogP contribution in [0.15, 0.2) is 77.7 Å². The van der Waals surface area contributed by atoms with Gasteiger partial charge in [-0.15, -0.1) is 0 Å². The lowest BCUT2D eigenvalue weighted by Crippen LogP contribution is -2.20. The number of carbonyl (C=O) groups is 1. The average molecular weight is 541 g/mol. The van der Waals surface area contributed by atoms with Gasteiger partial charge in [-0.1, -0.05) is 63.3 Å². The van der Waals surface area contributed by atoms with Crippen molar-refractivity contribution in [3.05, 3.63) is 72.8 Å². The Bertz CT molecular complexity index is 1280. The van der Waals surface area contributed by atoms with E-state index in [0.717, 1.165) is 12.8 Å². The summed E-state index contributed by atoms with van der Waals surface area (Å²) in [5, 5.41) is 2.68. The number of amides is 1. The number of carbonyl (C=O) groups excluding carboxylic acids is 1. The van der Waals surface area contributed by atoms with Crippen molar-refractivity contribution >= 4 is 27.3 Å². The number of benzene rings is 3. The smallest absolute Gasteiger partial charge is 0.262 e. The van der Waals surface area contributed by atoms with Gasteiger partial charge in [0.05, 0.1) is 24.3 Å². The van der Waals surface area contributed by atoms with Gasteiger partial charge in [-0.05, 0) is 48.9 Å². The largest absolute Gasteiger partial charge is 0.495 e. The van der Waals surface area contributed by atoms with Crippen LogP contribution in [0.3, 0.4) is 0 Å². The van der Waals surface area contributed by atoms with Gasteiger partial charge in [-0.25, -0.2) is 8.42 Å². The molecule has 9 heteroatoms. The van der Waals surface area contributed by atoms with Crippen LogP contribution in [-0.4, -0.2) is 34.6 Å². The maximum Gasteiger partial charge on any atom is 0.262 e. The predicted octanol–water partition coefficient (Wildman–Crippen LogP) is 6.25. The first-order chi connectivity index (χ1) is 18.4. The Labute approximate surface area is 225 Å². The minimum absolute atomic E-state index is 0.00246. The number of hydrogen-bond acceptors (Lipinski definition) is 6. The lowest BCUT2D eigenvalue weighted by atomic mass is 10.1. The van der Waals surface area contributed by atoms with E-state index in [-0.39, 0.29) is 11.5 Å². The zero-order valence-corrected chi connectivity index (χ0v) is 22.8. The molecule has 0 fully saturated rings. The number of anilines is 2. The molecular formula is C29H36N2O6S. The number of ether oxygens (including phenoxy) is 3. The maximum absolute atomic E-state index is 12.9. The molecule has 38 heavy (non-hydrogen) atoms. The molecule has 0 unspecified atom stereocenters. The Morgan fingerprint density at radius 2 is 1.53 bits per heavy atom. The second kappa shape index (κ2) is 14.9. The highest BCUT2D eigenvalue weighted by molar-refractivity contribution is 7.92. The lowest BCUT2D eigenvalue weighted by molar-refractivity contribution is -0.118. The number of para-hydroxylation sites is 2. The van der Waals surface area contributed by atoms with Crippen molar-refractivity contribution in [1.82, 2.24) is 0 Å². The van der Waals surface area contributed by atoms with E-state index < -0.39 is 15.9 Å². The molecule has 0 bridgehead atoms. The second-order valence-corrected chi connectivity index (χ2v) is 10.4. The van der Waals surface area contributed by atoms with E-state index >= 15 is 0 Å². The second-order valence-electron chi connectivity index (χ2n) is 8.76. The summed E-state index contributed by atoms with van der Waals surface area (Å²) in [6.45, 7) is 2.61. The highest BCUT2D eigenvalue weighted by Crippen LogP contribution is 2.27. The molecule has 0 aliphatic carbocycles. The van der Waals surface area contributed by atoms with E-state index in [1.54, 1.807) is 48.5 Å². The molecule has 3 rings (SSSR count). The van der Waals surface area contributed by atoms with E-state index in [0.29, 0.717) is 35.2 Å². The summed E-state index contributed by atoms with van der Waals surface area (Å²) in [4.78, 5) is 12.5. The topological polar surface area (TPSA) is 103 Å². The average Bonchev–Trinajstić information content (AvgIpc) is 2.92. The molecular weight excluding hydrogens is 504 g/mol. The number of nitrogens with one attached hydrogen (secondary N) is 2. The van der Waals surface area contributed by atoms with Crippen LogP contribution in [-0.2, 0) is 14.8 Å². The van der Waals surface area contributed by atoms with Gasteiger partial charge >= 0.3 is 0 Å². The van der Waals surface area contributed by atoms with Crippen LogP contribution in [0.2, 0.25) is 0 Å². The van der Waals surface area contributed by atoms with Gasteiger partial charge in [0.1, 0.15) is 17.2 Å². The van der Waals surface area contributed by atoms with Crippen molar-refractivity contribution in [2.24, 2.45) is 0 Å². The van der Waals surface area contributed by atoms with Crippen LogP contribution in [0.25, 0.3) is 0 Å². The Kier molecular flexibility index (Phi) is 11.3. The number of sulfonamides is 1. The molecule has 8 nitrogen and oxygen atoms in total. The highest BCUT2D eigenvalue weighted by atomic mass is 32.2. The molecule has 1 amide bonds. The Balaban J connectivity index is 1.50. The number of methoxy groups -OCH3 is 1. The molecule has 204 valence electrons. The van der Waals surface area contributed by atoms with Gasteiger partial charge in [-0.3, -0.25) is 9.52 Å². The minimum atomic E-state index is -3.91. The number of hydrogen-bond donors (Lipinski definition) is 2.